The van der Waals surface area contributed by atoms with Crippen LogP contribution in [0.15, 0.2) is 84.0 Å². The summed E-state index contributed by atoms with van der Waals surface area (Å²) in [4.78, 5) is 48.4. The van der Waals surface area contributed by atoms with Gasteiger partial charge in [-0.05, 0) is 57.9 Å². The number of piperazine rings is 1. The molecule has 43 heavy (non-hydrogen) atoms. The second-order valence-electron chi connectivity index (χ2n) is 11.2. The van der Waals surface area contributed by atoms with Gasteiger partial charge in [-0.1, -0.05) is 60.7 Å². The molecule has 9 nitrogen and oxygen atoms in total. The molecule has 1 aromatic heterocycles. The molecule has 10 heteroatoms. The van der Waals surface area contributed by atoms with Gasteiger partial charge in [-0.2, -0.15) is 0 Å². The molecule has 3 aromatic rings. The second kappa shape index (κ2) is 14.5. The van der Waals surface area contributed by atoms with Crippen molar-refractivity contribution in [2.75, 3.05) is 32.8 Å². The summed E-state index contributed by atoms with van der Waals surface area (Å²) < 4.78 is 12.1. The fourth-order valence-corrected chi connectivity index (χ4v) is 5.86. The summed E-state index contributed by atoms with van der Waals surface area (Å²) in [5.41, 5.74) is 1.82. The molecule has 1 aliphatic rings. The molecule has 1 atom stereocenters. The number of amides is 2. The molecule has 2 aromatic carbocycles. The molecule has 0 bridgehead atoms. The van der Waals surface area contributed by atoms with Crippen molar-refractivity contribution in [3.63, 3.8) is 0 Å². The van der Waals surface area contributed by atoms with Crippen molar-refractivity contribution >= 4 is 29.9 Å². The SMILES string of the molecule is CCOC(=O)c1cccnc1SN(C(=O)OC(C)(C)C)[C@H](C)C(=O)N1CCN(C(c2ccccc2)c2ccccc2)CC1. The maximum absolute atomic E-state index is 13.9. The Balaban J connectivity index is 1.52. The van der Waals surface area contributed by atoms with Crippen molar-refractivity contribution in [2.24, 2.45) is 0 Å². The van der Waals surface area contributed by atoms with E-state index < -0.39 is 23.7 Å². The number of pyridine rings is 1. The van der Waals surface area contributed by atoms with Crippen LogP contribution < -0.4 is 0 Å². The maximum Gasteiger partial charge on any atom is 0.421 e. The topological polar surface area (TPSA) is 92.3 Å². The van der Waals surface area contributed by atoms with E-state index in [1.54, 1.807) is 51.7 Å². The Morgan fingerprint density at radius 1 is 0.907 bits per heavy atom. The van der Waals surface area contributed by atoms with E-state index in [2.05, 4.69) is 34.1 Å². The summed E-state index contributed by atoms with van der Waals surface area (Å²) in [5, 5.41) is 0.254. The highest BCUT2D eigenvalue weighted by atomic mass is 32.2. The summed E-state index contributed by atoms with van der Waals surface area (Å²) in [6.07, 6.45) is 0.839. The summed E-state index contributed by atoms with van der Waals surface area (Å²) >= 11 is 0.908. The third-order valence-corrected chi connectivity index (χ3v) is 8.12. The van der Waals surface area contributed by atoms with Crippen LogP contribution >= 0.6 is 11.9 Å². The first kappa shape index (κ1) is 32.0. The van der Waals surface area contributed by atoms with E-state index in [0.717, 1.165) is 11.9 Å². The van der Waals surface area contributed by atoms with Crippen LogP contribution in [0, 0.1) is 0 Å². The number of esters is 1. The minimum Gasteiger partial charge on any atom is -0.462 e. The number of carbonyl (C=O) groups is 3. The number of aromatic nitrogens is 1. The lowest BCUT2D eigenvalue weighted by Crippen LogP contribution is -2.54. The van der Waals surface area contributed by atoms with Crippen LogP contribution in [0.4, 0.5) is 4.79 Å². The van der Waals surface area contributed by atoms with Crippen molar-refractivity contribution in [3.8, 4) is 0 Å². The van der Waals surface area contributed by atoms with Crippen molar-refractivity contribution in [1.82, 2.24) is 19.1 Å². The van der Waals surface area contributed by atoms with Gasteiger partial charge in [0.1, 0.15) is 16.7 Å². The van der Waals surface area contributed by atoms with Gasteiger partial charge in [-0.15, -0.1) is 0 Å². The first-order chi connectivity index (χ1) is 20.6. The number of hydrogen-bond donors (Lipinski definition) is 0. The Morgan fingerprint density at radius 2 is 1.49 bits per heavy atom. The van der Waals surface area contributed by atoms with E-state index in [1.807, 2.05) is 36.4 Å². The molecule has 0 unspecified atom stereocenters. The molecule has 1 fully saturated rings. The third-order valence-electron chi connectivity index (χ3n) is 6.96. The number of nitrogens with zero attached hydrogens (tertiary/aromatic N) is 4. The van der Waals surface area contributed by atoms with E-state index in [-0.39, 0.29) is 29.1 Å². The molecule has 0 aliphatic carbocycles. The quantitative estimate of drug-likeness (QED) is 0.223. The van der Waals surface area contributed by atoms with Crippen LogP contribution in [0.25, 0.3) is 0 Å². The fraction of sp³-hybridized carbons (Fsp3) is 0.394. The van der Waals surface area contributed by atoms with Crippen LogP contribution in [0.5, 0.6) is 0 Å². The Hall–Kier alpha value is -3.89. The minimum absolute atomic E-state index is 0.0661. The molecule has 4 rings (SSSR count). The van der Waals surface area contributed by atoms with Gasteiger partial charge >= 0.3 is 12.1 Å². The summed E-state index contributed by atoms with van der Waals surface area (Å²) in [5.74, 6) is -0.758. The van der Waals surface area contributed by atoms with Gasteiger partial charge in [0, 0.05) is 44.3 Å². The molecule has 0 spiro atoms. The van der Waals surface area contributed by atoms with Crippen molar-refractivity contribution in [1.29, 1.82) is 0 Å². The highest BCUT2D eigenvalue weighted by molar-refractivity contribution is 7.97. The average Bonchev–Trinajstić information content (AvgIpc) is 3.00. The van der Waals surface area contributed by atoms with Gasteiger partial charge in [-0.25, -0.2) is 18.9 Å². The summed E-state index contributed by atoms with van der Waals surface area (Å²) in [7, 11) is 0. The van der Waals surface area contributed by atoms with Gasteiger partial charge in [0.25, 0.3) is 0 Å². The molecule has 2 amide bonds. The number of ether oxygens (including phenoxy) is 2. The highest BCUT2D eigenvalue weighted by Crippen LogP contribution is 2.32. The summed E-state index contributed by atoms with van der Waals surface area (Å²) in [6.45, 7) is 11.2. The zero-order chi connectivity index (χ0) is 31.0. The molecule has 1 aliphatic heterocycles. The van der Waals surface area contributed by atoms with Gasteiger partial charge in [0.15, 0.2) is 0 Å². The van der Waals surface area contributed by atoms with Crippen molar-refractivity contribution in [2.45, 2.75) is 57.3 Å². The lowest BCUT2D eigenvalue weighted by Gasteiger charge is -2.41. The van der Waals surface area contributed by atoms with Crippen LogP contribution in [-0.4, -0.2) is 81.5 Å². The fourth-order valence-electron chi connectivity index (χ4n) is 4.95. The molecule has 0 saturated carbocycles. The standard InChI is InChI=1S/C33H40N4O5S/c1-6-41-31(39)27-18-13-19-34-29(27)43-37(32(40)42-33(3,4)5)24(2)30(38)36-22-20-35(21-23-36)28(25-14-9-7-10-15-25)26-16-11-8-12-17-26/h7-19,24,28H,6,20-23H2,1-5H3/t24-/m1/s1. The van der Waals surface area contributed by atoms with Gasteiger partial charge in [0.2, 0.25) is 5.91 Å². The lowest BCUT2D eigenvalue weighted by atomic mass is 9.96. The first-order valence-electron chi connectivity index (χ1n) is 14.5. The van der Waals surface area contributed by atoms with Crippen LogP contribution in [0.1, 0.15) is 62.1 Å². The number of benzene rings is 2. The Morgan fingerprint density at radius 3 is 2.02 bits per heavy atom. The Labute approximate surface area is 258 Å². The average molecular weight is 605 g/mol. The lowest BCUT2D eigenvalue weighted by molar-refractivity contribution is -0.136. The van der Waals surface area contributed by atoms with Crippen molar-refractivity contribution in [3.05, 3.63) is 95.7 Å². The Bertz CT molecular complexity index is 1340. The van der Waals surface area contributed by atoms with E-state index in [0.29, 0.717) is 26.2 Å². The van der Waals surface area contributed by atoms with E-state index in [9.17, 15) is 14.4 Å². The number of hydrogen-bond acceptors (Lipinski definition) is 8. The first-order valence-corrected chi connectivity index (χ1v) is 15.3. The third kappa shape index (κ3) is 8.36. The van der Waals surface area contributed by atoms with Crippen LogP contribution in [0.3, 0.4) is 0 Å². The van der Waals surface area contributed by atoms with Crippen LogP contribution in [-0.2, 0) is 14.3 Å². The Kier molecular flexibility index (Phi) is 10.8. The van der Waals surface area contributed by atoms with Gasteiger partial charge in [0.05, 0.1) is 18.2 Å². The predicted molar refractivity (Wildman–Crippen MR) is 166 cm³/mol. The van der Waals surface area contributed by atoms with E-state index >= 15 is 0 Å². The molecule has 2 heterocycles. The molecular formula is C33H40N4O5S. The van der Waals surface area contributed by atoms with Gasteiger partial charge in [-0.3, -0.25) is 9.69 Å². The molecular weight excluding hydrogens is 564 g/mol. The smallest absolute Gasteiger partial charge is 0.421 e. The molecule has 0 radical (unpaired) electrons. The number of rotatable bonds is 9. The van der Waals surface area contributed by atoms with E-state index in [1.165, 1.54) is 21.6 Å². The molecule has 1 saturated heterocycles. The zero-order valence-electron chi connectivity index (χ0n) is 25.4. The number of carbonyl (C=O) groups excluding carboxylic acids is 3. The maximum atomic E-state index is 13.9. The van der Waals surface area contributed by atoms with E-state index in [4.69, 9.17) is 9.47 Å². The second-order valence-corrected chi connectivity index (χ2v) is 12.2. The van der Waals surface area contributed by atoms with Crippen molar-refractivity contribution < 1.29 is 23.9 Å². The molecule has 228 valence electrons. The minimum atomic E-state index is -0.887. The highest BCUT2D eigenvalue weighted by Gasteiger charge is 2.36. The normalized spacial score (nSPS) is 14.7. The van der Waals surface area contributed by atoms with Crippen LogP contribution in [0.2, 0.25) is 0 Å². The monoisotopic (exact) mass is 604 g/mol. The predicted octanol–water partition coefficient (Wildman–Crippen LogP) is 5.82. The molecule has 0 N–H and O–H groups in total. The zero-order valence-corrected chi connectivity index (χ0v) is 26.3. The summed E-state index contributed by atoms with van der Waals surface area (Å²) in [6, 6.07) is 23.1. The van der Waals surface area contributed by atoms with Gasteiger partial charge < -0.3 is 14.4 Å². The largest absolute Gasteiger partial charge is 0.462 e.